The molecule has 4 heterocycles. The Balaban J connectivity index is 0.000000167. The molecule has 8 heteroatoms. The van der Waals surface area contributed by atoms with Crippen molar-refractivity contribution >= 4 is 12.2 Å². The first-order valence-corrected chi connectivity index (χ1v) is 16.3. The first-order chi connectivity index (χ1) is 21.9. The monoisotopic (exact) mass is 610 g/mol. The van der Waals surface area contributed by atoms with Crippen molar-refractivity contribution in [2.45, 2.75) is 57.5 Å². The highest BCUT2D eigenvalue weighted by Gasteiger charge is 2.57. The van der Waals surface area contributed by atoms with Gasteiger partial charge in [-0.25, -0.2) is 9.59 Å². The summed E-state index contributed by atoms with van der Waals surface area (Å²) in [5.41, 5.74) is 3.34. The lowest BCUT2D eigenvalue weighted by Crippen LogP contribution is -2.69. The Labute approximate surface area is 267 Å². The predicted molar refractivity (Wildman–Crippen MR) is 174 cm³/mol. The van der Waals surface area contributed by atoms with Crippen LogP contribution in [0.4, 0.5) is 9.59 Å². The number of nitrogens with zero attached hydrogens (tertiary/aromatic N) is 3. The molecule has 238 valence electrons. The summed E-state index contributed by atoms with van der Waals surface area (Å²) < 4.78 is 11.0. The maximum Gasteiger partial charge on any atom is 0.410 e. The van der Waals surface area contributed by atoms with Crippen molar-refractivity contribution in [3.8, 4) is 0 Å². The predicted octanol–water partition coefficient (Wildman–Crippen LogP) is 5.93. The lowest BCUT2D eigenvalue weighted by molar-refractivity contribution is -0.0572. The Morgan fingerprint density at radius 2 is 1.20 bits per heavy atom. The number of carbonyl (C=O) groups is 2. The van der Waals surface area contributed by atoms with Gasteiger partial charge in [0.1, 0.15) is 13.2 Å². The number of carbonyl (C=O) groups excluding carboxylic acids is 2. The van der Waals surface area contributed by atoms with E-state index in [9.17, 15) is 9.59 Å². The molecule has 3 aromatic carbocycles. The molecule has 0 aliphatic carbocycles. The van der Waals surface area contributed by atoms with Crippen LogP contribution in [0, 0.1) is 11.8 Å². The molecule has 8 nitrogen and oxygen atoms in total. The van der Waals surface area contributed by atoms with E-state index in [0.29, 0.717) is 25.0 Å². The minimum absolute atomic E-state index is 0.00771. The van der Waals surface area contributed by atoms with Gasteiger partial charge in [0, 0.05) is 39.3 Å². The third-order valence-electron chi connectivity index (χ3n) is 10.4. The summed E-state index contributed by atoms with van der Waals surface area (Å²) in [6.45, 7) is 11.6. The van der Waals surface area contributed by atoms with E-state index in [-0.39, 0.29) is 23.3 Å². The Kier molecular flexibility index (Phi) is 9.42. The summed E-state index contributed by atoms with van der Waals surface area (Å²) in [6.07, 6.45) is 1.72. The minimum Gasteiger partial charge on any atom is -0.445 e. The number of benzene rings is 3. The second kappa shape index (κ2) is 13.6. The average Bonchev–Trinajstić information content (AvgIpc) is 3.77. The molecule has 3 aromatic rings. The fraction of sp³-hybridized carbons (Fsp3) is 0.459. The molecule has 2 spiro atoms. The van der Waals surface area contributed by atoms with E-state index in [1.54, 1.807) is 0 Å². The summed E-state index contributed by atoms with van der Waals surface area (Å²) >= 11 is 0. The van der Waals surface area contributed by atoms with Crippen LogP contribution >= 0.6 is 0 Å². The highest BCUT2D eigenvalue weighted by Crippen LogP contribution is 2.44. The van der Waals surface area contributed by atoms with Gasteiger partial charge in [-0.15, -0.1) is 0 Å². The van der Waals surface area contributed by atoms with Crippen LogP contribution in [-0.4, -0.2) is 77.2 Å². The van der Waals surface area contributed by atoms with Gasteiger partial charge in [0.25, 0.3) is 0 Å². The standard InChI is InChI=1S/C22H26N2O2.C15H20N2O2/c1-18-14-24(21(25)26-16-20-10-6-3-7-11-20)22(18)12-13-23(17-22)15-19-8-4-2-5-9-19;1-12-9-17(15(12)7-8-16-11-15)14(18)19-10-13-5-3-2-4-6-13/h2-11,18H,12-17H2,1H3;2-6,12,16H,7-11H2,1H3/t18-,22-;12-,15-/m00/s1. The zero-order chi connectivity index (χ0) is 31.3. The molecule has 4 atom stereocenters. The zero-order valence-electron chi connectivity index (χ0n) is 26.6. The molecule has 0 unspecified atom stereocenters. The number of rotatable bonds is 6. The maximum atomic E-state index is 12.7. The van der Waals surface area contributed by atoms with Gasteiger partial charge in [-0.05, 0) is 47.9 Å². The van der Waals surface area contributed by atoms with Crippen molar-refractivity contribution < 1.29 is 19.1 Å². The van der Waals surface area contributed by atoms with E-state index in [0.717, 1.165) is 69.8 Å². The van der Waals surface area contributed by atoms with Crippen LogP contribution in [0.2, 0.25) is 0 Å². The van der Waals surface area contributed by atoms with Crippen molar-refractivity contribution in [1.29, 1.82) is 0 Å². The van der Waals surface area contributed by atoms with Gasteiger partial charge in [0.2, 0.25) is 0 Å². The summed E-state index contributed by atoms with van der Waals surface area (Å²) in [7, 11) is 0. The minimum atomic E-state index is -0.175. The summed E-state index contributed by atoms with van der Waals surface area (Å²) in [5.74, 6) is 1.08. The lowest BCUT2D eigenvalue weighted by Gasteiger charge is -2.55. The molecular formula is C37H46N4O4. The van der Waals surface area contributed by atoms with E-state index in [1.807, 2.05) is 76.5 Å². The molecule has 2 amide bonds. The van der Waals surface area contributed by atoms with Crippen LogP contribution in [0.15, 0.2) is 91.0 Å². The Morgan fingerprint density at radius 1 is 0.711 bits per heavy atom. The fourth-order valence-corrected chi connectivity index (χ4v) is 7.51. The molecule has 4 saturated heterocycles. The summed E-state index contributed by atoms with van der Waals surface area (Å²) in [4.78, 5) is 31.2. The Morgan fingerprint density at radius 3 is 1.67 bits per heavy atom. The van der Waals surface area contributed by atoms with Gasteiger partial charge < -0.3 is 24.6 Å². The number of amides is 2. The average molecular weight is 611 g/mol. The second-order valence-corrected chi connectivity index (χ2v) is 13.2. The summed E-state index contributed by atoms with van der Waals surface area (Å²) in [5, 5.41) is 3.35. The van der Waals surface area contributed by atoms with Crippen LogP contribution in [-0.2, 0) is 29.2 Å². The third kappa shape index (κ3) is 6.58. The molecule has 1 N–H and O–H groups in total. The topological polar surface area (TPSA) is 74.4 Å². The number of nitrogens with one attached hydrogen (secondary N) is 1. The van der Waals surface area contributed by atoms with Crippen LogP contribution in [0.25, 0.3) is 0 Å². The molecule has 4 aliphatic rings. The number of likely N-dealkylation sites (tertiary alicyclic amines) is 3. The normalized spacial score (nSPS) is 27.0. The van der Waals surface area contributed by atoms with Gasteiger partial charge in [-0.2, -0.15) is 0 Å². The van der Waals surface area contributed by atoms with Gasteiger partial charge in [0.05, 0.1) is 11.1 Å². The molecule has 0 radical (unpaired) electrons. The molecule has 4 aliphatic heterocycles. The van der Waals surface area contributed by atoms with Crippen LogP contribution in [0.3, 0.4) is 0 Å². The molecule has 0 bridgehead atoms. The van der Waals surface area contributed by atoms with Gasteiger partial charge in [-0.1, -0.05) is 105 Å². The molecule has 45 heavy (non-hydrogen) atoms. The van der Waals surface area contributed by atoms with E-state index in [2.05, 4.69) is 48.3 Å². The lowest BCUT2D eigenvalue weighted by atomic mass is 9.74. The Bertz CT molecular complexity index is 1420. The molecule has 0 saturated carbocycles. The van der Waals surface area contributed by atoms with Crippen LogP contribution in [0.5, 0.6) is 0 Å². The van der Waals surface area contributed by atoms with Crippen molar-refractivity contribution in [3.63, 3.8) is 0 Å². The van der Waals surface area contributed by atoms with Gasteiger partial charge in [-0.3, -0.25) is 4.90 Å². The Hall–Kier alpha value is -3.88. The smallest absolute Gasteiger partial charge is 0.410 e. The van der Waals surface area contributed by atoms with E-state index >= 15 is 0 Å². The zero-order valence-corrected chi connectivity index (χ0v) is 26.6. The molecule has 4 fully saturated rings. The largest absolute Gasteiger partial charge is 0.445 e. The second-order valence-electron chi connectivity index (χ2n) is 13.2. The van der Waals surface area contributed by atoms with Crippen LogP contribution < -0.4 is 5.32 Å². The number of ether oxygens (including phenoxy) is 2. The third-order valence-corrected chi connectivity index (χ3v) is 10.4. The van der Waals surface area contributed by atoms with E-state index in [1.165, 1.54) is 5.56 Å². The molecule has 7 rings (SSSR count). The highest BCUT2D eigenvalue weighted by atomic mass is 16.6. The van der Waals surface area contributed by atoms with Crippen LogP contribution in [0.1, 0.15) is 43.4 Å². The molecule has 0 aromatic heterocycles. The van der Waals surface area contributed by atoms with Gasteiger partial charge in [0.15, 0.2) is 0 Å². The van der Waals surface area contributed by atoms with E-state index in [4.69, 9.17) is 9.47 Å². The van der Waals surface area contributed by atoms with Gasteiger partial charge >= 0.3 is 12.2 Å². The van der Waals surface area contributed by atoms with Crippen molar-refractivity contribution in [2.24, 2.45) is 11.8 Å². The summed E-state index contributed by atoms with van der Waals surface area (Å²) in [6, 6.07) is 30.2. The van der Waals surface area contributed by atoms with E-state index < -0.39 is 0 Å². The maximum absolute atomic E-state index is 12.7. The number of hydrogen-bond acceptors (Lipinski definition) is 6. The first kappa shape index (κ1) is 31.1. The quantitative estimate of drug-likeness (QED) is 0.373. The van der Waals surface area contributed by atoms with Crippen molar-refractivity contribution in [2.75, 3.05) is 39.3 Å². The van der Waals surface area contributed by atoms with Crippen molar-refractivity contribution in [3.05, 3.63) is 108 Å². The molecular weight excluding hydrogens is 564 g/mol. The number of hydrogen-bond donors (Lipinski definition) is 1. The fourth-order valence-electron chi connectivity index (χ4n) is 7.51. The first-order valence-electron chi connectivity index (χ1n) is 16.3. The highest BCUT2D eigenvalue weighted by molar-refractivity contribution is 5.71. The SMILES string of the molecule is C[C@H]1CN(C(=O)OCc2ccccc2)[C@]12CCN(Cc1ccccc1)C2.C[C@H]1CN(C(=O)OCc2ccccc2)[C@]12CCNC2. The van der Waals surface area contributed by atoms with Crippen molar-refractivity contribution in [1.82, 2.24) is 20.0 Å².